The first-order valence-corrected chi connectivity index (χ1v) is 6.02. The molecule has 0 spiro atoms. The fraction of sp³-hybridized carbons (Fsp3) is 0.615. The lowest BCUT2D eigenvalue weighted by Gasteiger charge is -2.23. The van der Waals surface area contributed by atoms with Gasteiger partial charge in [0.05, 0.1) is 5.69 Å². The van der Waals surface area contributed by atoms with E-state index in [0.29, 0.717) is 11.8 Å². The van der Waals surface area contributed by atoms with Crippen molar-refractivity contribution in [3.63, 3.8) is 0 Å². The Labute approximate surface area is 97.1 Å². The minimum absolute atomic E-state index is 0.315. The molecule has 1 heterocycles. The van der Waals surface area contributed by atoms with Crippen LogP contribution in [0.1, 0.15) is 37.1 Å². The zero-order valence-corrected chi connectivity index (χ0v) is 10.1. The molecule has 2 rings (SSSR count). The first kappa shape index (κ1) is 11.4. The van der Waals surface area contributed by atoms with Crippen molar-refractivity contribution >= 4 is 0 Å². The van der Waals surface area contributed by atoms with Crippen molar-refractivity contribution in [1.82, 2.24) is 9.88 Å². The molecular formula is C13H20N2O. The van der Waals surface area contributed by atoms with Crippen LogP contribution in [-0.4, -0.2) is 28.1 Å². The van der Waals surface area contributed by atoms with Crippen LogP contribution >= 0.6 is 0 Å². The maximum Gasteiger partial charge on any atom is 0.138 e. The fourth-order valence-corrected chi connectivity index (χ4v) is 2.43. The molecule has 16 heavy (non-hydrogen) atoms. The van der Waals surface area contributed by atoms with E-state index in [9.17, 15) is 5.11 Å². The molecule has 1 fully saturated rings. The van der Waals surface area contributed by atoms with Gasteiger partial charge < -0.3 is 5.11 Å². The van der Waals surface area contributed by atoms with E-state index in [-0.39, 0.29) is 0 Å². The summed E-state index contributed by atoms with van der Waals surface area (Å²) in [6, 6.07) is 4.25. The zero-order valence-electron chi connectivity index (χ0n) is 10.1. The van der Waals surface area contributed by atoms with Gasteiger partial charge in [0, 0.05) is 18.3 Å². The van der Waals surface area contributed by atoms with Gasteiger partial charge in [-0.3, -0.25) is 9.88 Å². The van der Waals surface area contributed by atoms with Gasteiger partial charge in [-0.25, -0.2) is 0 Å². The third-order valence-electron chi connectivity index (χ3n) is 3.44. The summed E-state index contributed by atoms with van der Waals surface area (Å²) in [5, 5.41) is 9.74. The molecule has 1 aromatic heterocycles. The number of nitrogens with zero attached hydrogens (tertiary/aromatic N) is 2. The number of pyridine rings is 1. The van der Waals surface area contributed by atoms with Crippen LogP contribution in [0.25, 0.3) is 0 Å². The highest BCUT2D eigenvalue weighted by Crippen LogP contribution is 2.25. The largest absolute Gasteiger partial charge is 0.506 e. The van der Waals surface area contributed by atoms with Gasteiger partial charge >= 0.3 is 0 Å². The van der Waals surface area contributed by atoms with Crippen molar-refractivity contribution in [2.75, 3.05) is 7.05 Å². The van der Waals surface area contributed by atoms with Gasteiger partial charge in [-0.1, -0.05) is 12.8 Å². The molecule has 0 aliphatic heterocycles. The summed E-state index contributed by atoms with van der Waals surface area (Å²) in [5.74, 6) is 0.315. The number of hydrogen-bond donors (Lipinski definition) is 1. The van der Waals surface area contributed by atoms with Gasteiger partial charge in [-0.2, -0.15) is 0 Å². The first-order valence-electron chi connectivity index (χ1n) is 6.02. The minimum Gasteiger partial charge on any atom is -0.506 e. The summed E-state index contributed by atoms with van der Waals surface area (Å²) in [6.45, 7) is 2.71. The predicted octanol–water partition coefficient (Wildman–Crippen LogP) is 2.47. The Hall–Kier alpha value is -1.09. The maximum atomic E-state index is 9.74. The molecule has 0 unspecified atom stereocenters. The van der Waals surface area contributed by atoms with Gasteiger partial charge in [0.1, 0.15) is 5.75 Å². The van der Waals surface area contributed by atoms with Crippen LogP contribution in [0, 0.1) is 6.92 Å². The summed E-state index contributed by atoms with van der Waals surface area (Å²) in [6.07, 6.45) is 5.23. The van der Waals surface area contributed by atoms with Crippen molar-refractivity contribution < 1.29 is 5.11 Å². The van der Waals surface area contributed by atoms with Crippen LogP contribution in [0.4, 0.5) is 0 Å². The van der Waals surface area contributed by atoms with Crippen LogP contribution in [-0.2, 0) is 6.54 Å². The third-order valence-corrected chi connectivity index (χ3v) is 3.44. The lowest BCUT2D eigenvalue weighted by atomic mass is 10.2. The first-order chi connectivity index (χ1) is 7.66. The number of hydrogen-bond acceptors (Lipinski definition) is 3. The lowest BCUT2D eigenvalue weighted by molar-refractivity contribution is 0.231. The quantitative estimate of drug-likeness (QED) is 0.850. The molecule has 3 nitrogen and oxygen atoms in total. The summed E-state index contributed by atoms with van der Waals surface area (Å²) in [4.78, 5) is 6.71. The van der Waals surface area contributed by atoms with Gasteiger partial charge in [0.15, 0.2) is 0 Å². The van der Waals surface area contributed by atoms with E-state index in [0.717, 1.165) is 17.9 Å². The van der Waals surface area contributed by atoms with E-state index in [1.165, 1.54) is 25.7 Å². The molecule has 3 heteroatoms. The summed E-state index contributed by atoms with van der Waals surface area (Å²) >= 11 is 0. The van der Waals surface area contributed by atoms with Crippen LogP contribution in [0.15, 0.2) is 12.1 Å². The SMILES string of the molecule is Cc1ccc(O)c(CN(C)C2CCCC2)n1. The van der Waals surface area contributed by atoms with Crippen molar-refractivity contribution in [3.05, 3.63) is 23.5 Å². The maximum absolute atomic E-state index is 9.74. The fourth-order valence-electron chi connectivity index (χ4n) is 2.43. The normalized spacial score (nSPS) is 17.2. The van der Waals surface area contributed by atoms with Crippen molar-refractivity contribution in [3.8, 4) is 5.75 Å². The molecule has 0 atom stereocenters. The number of rotatable bonds is 3. The van der Waals surface area contributed by atoms with E-state index in [4.69, 9.17) is 0 Å². The van der Waals surface area contributed by atoms with Gasteiger partial charge in [0.25, 0.3) is 0 Å². The molecule has 1 aliphatic rings. The molecule has 0 saturated heterocycles. The molecule has 1 saturated carbocycles. The van der Waals surface area contributed by atoms with E-state index in [1.807, 2.05) is 13.0 Å². The Bertz CT molecular complexity index is 359. The van der Waals surface area contributed by atoms with Crippen LogP contribution in [0.5, 0.6) is 5.75 Å². The Kier molecular flexibility index (Phi) is 3.44. The number of aryl methyl sites for hydroxylation is 1. The standard InChI is InChI=1S/C13H20N2O/c1-10-7-8-13(16)12(14-10)9-15(2)11-5-3-4-6-11/h7-8,11,16H,3-6,9H2,1-2H3. The predicted molar refractivity (Wildman–Crippen MR) is 64.4 cm³/mol. The average Bonchev–Trinajstić information content (AvgIpc) is 2.76. The highest BCUT2D eigenvalue weighted by Gasteiger charge is 2.20. The molecule has 1 N–H and O–H groups in total. The topological polar surface area (TPSA) is 36.4 Å². The van der Waals surface area contributed by atoms with E-state index in [1.54, 1.807) is 6.07 Å². The Morgan fingerprint density at radius 1 is 1.38 bits per heavy atom. The van der Waals surface area contributed by atoms with E-state index < -0.39 is 0 Å². The molecule has 88 valence electrons. The second-order valence-electron chi connectivity index (χ2n) is 4.77. The monoisotopic (exact) mass is 220 g/mol. The van der Waals surface area contributed by atoms with Crippen LogP contribution < -0.4 is 0 Å². The molecule has 0 aromatic carbocycles. The third kappa shape index (κ3) is 2.53. The number of aromatic nitrogens is 1. The van der Waals surface area contributed by atoms with E-state index in [2.05, 4.69) is 16.9 Å². The molecule has 0 amide bonds. The highest BCUT2D eigenvalue weighted by molar-refractivity contribution is 5.27. The second-order valence-corrected chi connectivity index (χ2v) is 4.77. The van der Waals surface area contributed by atoms with Gasteiger partial charge in [-0.05, 0) is 38.9 Å². The average molecular weight is 220 g/mol. The van der Waals surface area contributed by atoms with Gasteiger partial charge in [-0.15, -0.1) is 0 Å². The lowest BCUT2D eigenvalue weighted by Crippen LogP contribution is -2.29. The highest BCUT2D eigenvalue weighted by atomic mass is 16.3. The molecule has 1 aromatic rings. The molecule has 1 aliphatic carbocycles. The van der Waals surface area contributed by atoms with Gasteiger partial charge in [0.2, 0.25) is 0 Å². The Balaban J connectivity index is 2.04. The van der Waals surface area contributed by atoms with Crippen molar-refractivity contribution in [2.45, 2.75) is 45.2 Å². The summed E-state index contributed by atoms with van der Waals surface area (Å²) in [5.41, 5.74) is 1.77. The molecule has 0 radical (unpaired) electrons. The summed E-state index contributed by atoms with van der Waals surface area (Å²) in [7, 11) is 2.12. The Morgan fingerprint density at radius 3 is 2.75 bits per heavy atom. The van der Waals surface area contributed by atoms with Crippen LogP contribution in [0.3, 0.4) is 0 Å². The number of aromatic hydroxyl groups is 1. The van der Waals surface area contributed by atoms with Crippen LogP contribution in [0.2, 0.25) is 0 Å². The van der Waals surface area contributed by atoms with Crippen molar-refractivity contribution in [2.24, 2.45) is 0 Å². The molecular weight excluding hydrogens is 200 g/mol. The Morgan fingerprint density at radius 2 is 2.06 bits per heavy atom. The van der Waals surface area contributed by atoms with Crippen molar-refractivity contribution in [1.29, 1.82) is 0 Å². The minimum atomic E-state index is 0.315. The summed E-state index contributed by atoms with van der Waals surface area (Å²) < 4.78 is 0. The van der Waals surface area contributed by atoms with E-state index >= 15 is 0 Å². The molecule has 0 bridgehead atoms. The smallest absolute Gasteiger partial charge is 0.138 e. The zero-order chi connectivity index (χ0) is 11.5. The second kappa shape index (κ2) is 4.83.